The summed E-state index contributed by atoms with van der Waals surface area (Å²) in [6, 6.07) is 7.91. The number of nitrogens with one attached hydrogen (secondary N) is 1. The van der Waals surface area contributed by atoms with Gasteiger partial charge in [0.2, 0.25) is 0 Å². The van der Waals surface area contributed by atoms with Crippen molar-refractivity contribution in [3.63, 3.8) is 0 Å². The van der Waals surface area contributed by atoms with Crippen molar-refractivity contribution in [1.82, 2.24) is 4.90 Å². The Hall–Kier alpha value is -2.61. The molecule has 0 saturated carbocycles. The maximum Gasteiger partial charge on any atom is 0.322 e. The number of anilines is 1. The number of methoxy groups -OCH3 is 1. The van der Waals surface area contributed by atoms with E-state index in [4.69, 9.17) is 4.74 Å². The molecule has 7 nitrogen and oxygen atoms in total. The molecule has 2 aromatic rings. The third kappa shape index (κ3) is 3.18. The van der Waals surface area contributed by atoms with Crippen LogP contribution in [0.25, 0.3) is 0 Å². The predicted octanol–water partition coefficient (Wildman–Crippen LogP) is 4.03. The summed E-state index contributed by atoms with van der Waals surface area (Å²) in [7, 11) is 1.46. The molecule has 0 aliphatic carbocycles. The van der Waals surface area contributed by atoms with Crippen LogP contribution in [-0.2, 0) is 0 Å². The van der Waals surface area contributed by atoms with Gasteiger partial charge in [0.05, 0.1) is 23.8 Å². The van der Waals surface area contributed by atoms with Crippen LogP contribution in [0.2, 0.25) is 0 Å². The highest BCUT2D eigenvalue weighted by Gasteiger charge is 2.31. The average molecular weight is 347 g/mol. The number of ether oxygens (including phenoxy) is 1. The number of nitrogens with zero attached hydrogens (tertiary/aromatic N) is 2. The SMILES string of the molecule is COc1ccc([N+](=O)[O-])cc1NC(=O)N1CCCC1c1cccs1. The van der Waals surface area contributed by atoms with Crippen LogP contribution in [0.1, 0.15) is 23.8 Å². The lowest BCUT2D eigenvalue weighted by molar-refractivity contribution is -0.384. The average Bonchev–Trinajstić information content (AvgIpc) is 3.25. The largest absolute Gasteiger partial charge is 0.495 e. The van der Waals surface area contributed by atoms with Crippen LogP contribution in [0, 0.1) is 10.1 Å². The predicted molar refractivity (Wildman–Crippen MR) is 91.7 cm³/mol. The van der Waals surface area contributed by atoms with Gasteiger partial charge in [0.15, 0.2) is 0 Å². The number of likely N-dealkylation sites (tertiary alicyclic amines) is 1. The number of carbonyl (C=O) groups excluding carboxylic acids is 1. The smallest absolute Gasteiger partial charge is 0.322 e. The van der Waals surface area contributed by atoms with Crippen molar-refractivity contribution in [2.24, 2.45) is 0 Å². The summed E-state index contributed by atoms with van der Waals surface area (Å²) in [4.78, 5) is 26.0. The van der Waals surface area contributed by atoms with Crippen LogP contribution in [0.4, 0.5) is 16.2 Å². The number of nitro benzene ring substituents is 1. The monoisotopic (exact) mass is 347 g/mol. The fourth-order valence-corrected chi connectivity index (χ4v) is 3.75. The van der Waals surface area contributed by atoms with Crippen LogP contribution in [-0.4, -0.2) is 29.5 Å². The van der Waals surface area contributed by atoms with Gasteiger partial charge in [-0.25, -0.2) is 4.79 Å². The fourth-order valence-electron chi connectivity index (χ4n) is 2.88. The van der Waals surface area contributed by atoms with Gasteiger partial charge in [-0.2, -0.15) is 0 Å². The van der Waals surface area contributed by atoms with Crippen LogP contribution in [0.15, 0.2) is 35.7 Å². The minimum absolute atomic E-state index is 0.0506. The minimum Gasteiger partial charge on any atom is -0.495 e. The lowest BCUT2D eigenvalue weighted by Crippen LogP contribution is -2.34. The molecule has 1 saturated heterocycles. The molecule has 0 spiro atoms. The number of carbonyl (C=O) groups is 1. The zero-order chi connectivity index (χ0) is 17.1. The molecule has 1 aliphatic rings. The van der Waals surface area contributed by atoms with E-state index >= 15 is 0 Å². The second kappa shape index (κ2) is 6.88. The van der Waals surface area contributed by atoms with Gasteiger partial charge < -0.3 is 15.0 Å². The third-order valence-electron chi connectivity index (χ3n) is 4.02. The molecule has 1 atom stereocenters. The van der Waals surface area contributed by atoms with Gasteiger partial charge >= 0.3 is 6.03 Å². The molecular formula is C16H17N3O4S. The van der Waals surface area contributed by atoms with Gasteiger partial charge in [0.1, 0.15) is 5.75 Å². The van der Waals surface area contributed by atoms with Gasteiger partial charge in [0, 0.05) is 23.6 Å². The molecule has 2 heterocycles. The van der Waals surface area contributed by atoms with E-state index < -0.39 is 4.92 Å². The van der Waals surface area contributed by atoms with Crippen molar-refractivity contribution in [2.75, 3.05) is 19.0 Å². The van der Waals surface area contributed by atoms with Crippen LogP contribution < -0.4 is 10.1 Å². The van der Waals surface area contributed by atoms with Crippen LogP contribution in [0.5, 0.6) is 5.75 Å². The Morgan fingerprint density at radius 3 is 2.96 bits per heavy atom. The van der Waals surface area contributed by atoms with Crippen LogP contribution in [0.3, 0.4) is 0 Å². The van der Waals surface area contributed by atoms with Gasteiger partial charge in [-0.05, 0) is 30.4 Å². The normalized spacial score (nSPS) is 16.9. The lowest BCUT2D eigenvalue weighted by Gasteiger charge is -2.24. The zero-order valence-corrected chi connectivity index (χ0v) is 13.9. The molecular weight excluding hydrogens is 330 g/mol. The van der Waals surface area contributed by atoms with Crippen molar-refractivity contribution in [3.05, 3.63) is 50.7 Å². The van der Waals surface area contributed by atoms with Gasteiger partial charge in [-0.1, -0.05) is 6.07 Å². The summed E-state index contributed by atoms with van der Waals surface area (Å²) < 4.78 is 5.19. The minimum atomic E-state index is -0.501. The number of thiophene rings is 1. The molecule has 1 N–H and O–H groups in total. The number of non-ortho nitro benzene ring substituents is 1. The number of urea groups is 1. The Bertz CT molecular complexity index is 748. The van der Waals surface area contributed by atoms with E-state index in [9.17, 15) is 14.9 Å². The Morgan fingerprint density at radius 1 is 1.46 bits per heavy atom. The first kappa shape index (κ1) is 16.3. The van der Waals surface area contributed by atoms with Gasteiger partial charge in [0.25, 0.3) is 5.69 Å². The quantitative estimate of drug-likeness (QED) is 0.668. The van der Waals surface area contributed by atoms with E-state index in [-0.39, 0.29) is 17.8 Å². The summed E-state index contributed by atoms with van der Waals surface area (Å²) in [6.07, 6.45) is 1.85. The first-order valence-electron chi connectivity index (χ1n) is 7.53. The number of hydrogen-bond acceptors (Lipinski definition) is 5. The van der Waals surface area contributed by atoms with E-state index in [1.807, 2.05) is 17.5 Å². The molecule has 1 unspecified atom stereocenters. The van der Waals surface area contributed by atoms with E-state index in [0.717, 1.165) is 17.7 Å². The second-order valence-corrected chi connectivity index (χ2v) is 6.42. The first-order valence-corrected chi connectivity index (χ1v) is 8.41. The third-order valence-corrected chi connectivity index (χ3v) is 4.99. The first-order chi connectivity index (χ1) is 11.6. The second-order valence-electron chi connectivity index (χ2n) is 5.44. The summed E-state index contributed by atoms with van der Waals surface area (Å²) in [6.45, 7) is 0.658. The topological polar surface area (TPSA) is 84.7 Å². The van der Waals surface area contributed by atoms with E-state index in [0.29, 0.717) is 18.0 Å². The number of nitro groups is 1. The summed E-state index contributed by atoms with van der Waals surface area (Å²) in [5.41, 5.74) is 0.204. The van der Waals surface area contributed by atoms with Gasteiger partial charge in [-0.15, -0.1) is 11.3 Å². The van der Waals surface area contributed by atoms with Crippen LogP contribution >= 0.6 is 11.3 Å². The Balaban J connectivity index is 1.81. The summed E-state index contributed by atoms with van der Waals surface area (Å²) >= 11 is 1.63. The molecule has 0 bridgehead atoms. The number of benzene rings is 1. The standard InChI is InChI=1S/C16H17N3O4S/c1-23-14-7-6-11(19(21)22)10-12(14)17-16(20)18-8-2-4-13(18)15-5-3-9-24-15/h3,5-7,9-10,13H,2,4,8H2,1H3,(H,17,20). The fraction of sp³-hybridized carbons (Fsp3) is 0.312. The van der Waals surface area contributed by atoms with Crippen molar-refractivity contribution < 1.29 is 14.5 Å². The number of hydrogen-bond donors (Lipinski definition) is 1. The molecule has 126 valence electrons. The maximum atomic E-state index is 12.7. The van der Waals surface area contributed by atoms with E-state index in [2.05, 4.69) is 5.32 Å². The summed E-state index contributed by atoms with van der Waals surface area (Å²) in [5, 5.41) is 15.7. The number of rotatable bonds is 4. The molecule has 8 heteroatoms. The number of amides is 2. The zero-order valence-electron chi connectivity index (χ0n) is 13.1. The molecule has 0 radical (unpaired) electrons. The Morgan fingerprint density at radius 2 is 2.29 bits per heavy atom. The highest BCUT2D eigenvalue weighted by Crippen LogP contribution is 2.36. The lowest BCUT2D eigenvalue weighted by atomic mass is 10.2. The molecule has 24 heavy (non-hydrogen) atoms. The maximum absolute atomic E-state index is 12.7. The van der Waals surface area contributed by atoms with Crippen molar-refractivity contribution in [2.45, 2.75) is 18.9 Å². The van der Waals surface area contributed by atoms with Crippen molar-refractivity contribution in [3.8, 4) is 5.75 Å². The Labute approximate surface area is 143 Å². The van der Waals surface area contributed by atoms with Crippen molar-refractivity contribution >= 4 is 28.7 Å². The Kier molecular flexibility index (Phi) is 4.66. The van der Waals surface area contributed by atoms with E-state index in [1.54, 1.807) is 16.2 Å². The highest BCUT2D eigenvalue weighted by atomic mass is 32.1. The molecule has 3 rings (SSSR count). The highest BCUT2D eigenvalue weighted by molar-refractivity contribution is 7.10. The van der Waals surface area contributed by atoms with Gasteiger partial charge in [-0.3, -0.25) is 10.1 Å². The molecule has 2 amide bonds. The molecule has 1 fully saturated rings. The summed E-state index contributed by atoms with van der Waals surface area (Å²) in [5.74, 6) is 0.390. The molecule has 1 aromatic heterocycles. The molecule has 1 aliphatic heterocycles. The van der Waals surface area contributed by atoms with E-state index in [1.165, 1.54) is 25.3 Å². The molecule has 1 aromatic carbocycles. The van der Waals surface area contributed by atoms with Crippen molar-refractivity contribution in [1.29, 1.82) is 0 Å².